The Bertz CT molecular complexity index is 853. The normalized spacial score (nSPS) is 26.9. The van der Waals surface area contributed by atoms with Gasteiger partial charge < -0.3 is 30.5 Å². The number of rotatable bonds is 5. The van der Waals surface area contributed by atoms with E-state index in [1.165, 1.54) is 10.9 Å². The molecule has 0 spiro atoms. The van der Waals surface area contributed by atoms with Crippen LogP contribution in [0.4, 0.5) is 5.82 Å². The lowest BCUT2D eigenvalue weighted by Gasteiger charge is -2.17. The molecule has 12 nitrogen and oxygen atoms in total. The van der Waals surface area contributed by atoms with E-state index in [2.05, 4.69) is 19.5 Å². The predicted octanol–water partition coefficient (Wildman–Crippen LogP) is -0.740. The minimum Gasteiger partial charge on any atom is -0.387 e. The predicted molar refractivity (Wildman–Crippen MR) is 87.7 cm³/mol. The highest BCUT2D eigenvalue weighted by molar-refractivity contribution is 7.46. The summed E-state index contributed by atoms with van der Waals surface area (Å²) in [5.74, 6) is 0.646. The molecule has 1 fully saturated rings. The molecule has 13 heteroatoms. The Morgan fingerprint density at radius 3 is 2.65 bits per heavy atom. The molecule has 0 radical (unpaired) electrons. The summed E-state index contributed by atoms with van der Waals surface area (Å²) in [5, 5.41) is 20.4. The number of aliphatic hydroxyl groups is 2. The van der Waals surface area contributed by atoms with E-state index in [9.17, 15) is 14.8 Å². The van der Waals surface area contributed by atoms with Crippen molar-refractivity contribution < 1.29 is 33.8 Å². The molecule has 2 aromatic rings. The first-order valence-corrected chi connectivity index (χ1v) is 9.33. The summed E-state index contributed by atoms with van der Waals surface area (Å²) in [6.45, 7) is 3.18. The Morgan fingerprint density at radius 1 is 1.35 bits per heavy atom. The summed E-state index contributed by atoms with van der Waals surface area (Å²) >= 11 is 0. The Hall–Kier alpha value is -1.66. The van der Waals surface area contributed by atoms with Crippen molar-refractivity contribution in [3.05, 3.63) is 12.2 Å². The third-order valence-electron chi connectivity index (χ3n) is 4.00. The van der Waals surface area contributed by atoms with Gasteiger partial charge in [-0.25, -0.2) is 19.5 Å². The van der Waals surface area contributed by atoms with Gasteiger partial charge in [0.05, 0.1) is 12.9 Å². The average molecular weight is 389 g/mol. The van der Waals surface area contributed by atoms with E-state index in [-0.39, 0.29) is 11.7 Å². The van der Waals surface area contributed by atoms with Crippen molar-refractivity contribution in [1.82, 2.24) is 19.5 Å². The van der Waals surface area contributed by atoms with Gasteiger partial charge in [0.2, 0.25) is 0 Å². The molecule has 0 unspecified atom stereocenters. The maximum atomic E-state index is 10.8. The number of imidazole rings is 1. The van der Waals surface area contributed by atoms with E-state index in [1.807, 2.05) is 13.8 Å². The molecule has 3 rings (SSSR count). The lowest BCUT2D eigenvalue weighted by molar-refractivity contribution is -0.0504. The highest BCUT2D eigenvalue weighted by Crippen LogP contribution is 2.39. The van der Waals surface area contributed by atoms with Gasteiger partial charge in [0, 0.05) is 5.92 Å². The van der Waals surface area contributed by atoms with Crippen molar-refractivity contribution in [2.45, 2.75) is 44.3 Å². The standard InChI is InChI=1S/C13H20N5O7P/c1-5(2)11-16-10(14)7-12(17-11)18(4-15-7)13-9(20)8(19)6(25-13)3-24-26(21,22)23/h4-6,8-9,13,19-20H,3H2,1-2H3,(H2,14,16,17)(H2,21,22,23)/t6-,8+,9-,13-/m1/s1. The highest BCUT2D eigenvalue weighted by atomic mass is 31.2. The lowest BCUT2D eigenvalue weighted by atomic mass is 10.1. The van der Waals surface area contributed by atoms with Gasteiger partial charge in [-0.2, -0.15) is 0 Å². The number of hydrogen-bond donors (Lipinski definition) is 5. The molecule has 1 aliphatic rings. The Kier molecular flexibility index (Phi) is 5.01. The van der Waals surface area contributed by atoms with E-state index < -0.39 is 39.0 Å². The van der Waals surface area contributed by atoms with Crippen LogP contribution in [0.2, 0.25) is 0 Å². The minimum atomic E-state index is -4.74. The molecule has 0 amide bonds. The third-order valence-corrected chi connectivity index (χ3v) is 4.49. The molecule has 144 valence electrons. The molecular formula is C13H20N5O7P. The van der Waals surface area contributed by atoms with E-state index in [1.54, 1.807) is 0 Å². The van der Waals surface area contributed by atoms with Crippen LogP contribution in [0.5, 0.6) is 0 Å². The number of fused-ring (bicyclic) bond motifs is 1. The van der Waals surface area contributed by atoms with Crippen LogP contribution in [0.15, 0.2) is 6.33 Å². The Morgan fingerprint density at radius 2 is 2.04 bits per heavy atom. The van der Waals surface area contributed by atoms with Gasteiger partial charge >= 0.3 is 7.82 Å². The first-order chi connectivity index (χ1) is 12.1. The number of phosphoric acid groups is 1. The number of nitrogens with zero attached hydrogens (tertiary/aromatic N) is 4. The van der Waals surface area contributed by atoms with Gasteiger partial charge in [0.25, 0.3) is 0 Å². The third kappa shape index (κ3) is 3.58. The SMILES string of the molecule is CC(C)c1nc(N)c2ncn([C@@H]3O[C@H](COP(=O)(O)O)[C@H](O)[C@H]3O)c2n1. The molecule has 0 aliphatic carbocycles. The summed E-state index contributed by atoms with van der Waals surface area (Å²) < 4.78 is 22.1. The fourth-order valence-corrected chi connectivity index (χ4v) is 3.01. The van der Waals surface area contributed by atoms with Crippen molar-refractivity contribution in [1.29, 1.82) is 0 Å². The van der Waals surface area contributed by atoms with Gasteiger partial charge in [0.15, 0.2) is 17.7 Å². The molecule has 1 aliphatic heterocycles. The highest BCUT2D eigenvalue weighted by Gasteiger charge is 2.45. The zero-order valence-corrected chi connectivity index (χ0v) is 14.9. The van der Waals surface area contributed by atoms with Crippen molar-refractivity contribution in [2.75, 3.05) is 12.3 Å². The largest absolute Gasteiger partial charge is 0.469 e. The number of nitrogen functional groups attached to an aromatic ring is 1. The second-order valence-corrected chi connectivity index (χ2v) is 7.52. The first-order valence-electron chi connectivity index (χ1n) is 7.80. The molecule has 2 aromatic heterocycles. The molecule has 1 saturated heterocycles. The Balaban J connectivity index is 1.92. The van der Waals surface area contributed by atoms with Gasteiger partial charge in [0.1, 0.15) is 29.7 Å². The molecule has 6 N–H and O–H groups in total. The average Bonchev–Trinajstić information content (AvgIpc) is 3.08. The maximum absolute atomic E-state index is 10.8. The zero-order valence-electron chi connectivity index (χ0n) is 14.0. The van der Waals surface area contributed by atoms with E-state index in [4.69, 9.17) is 20.3 Å². The number of aliphatic hydroxyl groups excluding tert-OH is 2. The molecule has 0 aromatic carbocycles. The van der Waals surface area contributed by atoms with Gasteiger partial charge in [-0.1, -0.05) is 13.8 Å². The summed E-state index contributed by atoms with van der Waals surface area (Å²) in [7, 11) is -4.74. The lowest BCUT2D eigenvalue weighted by Crippen LogP contribution is -2.33. The molecule has 26 heavy (non-hydrogen) atoms. The van der Waals surface area contributed by atoms with Crippen LogP contribution in [-0.2, 0) is 13.8 Å². The number of phosphoric ester groups is 1. The number of ether oxygens (including phenoxy) is 1. The van der Waals surface area contributed by atoms with Gasteiger partial charge in [-0.15, -0.1) is 0 Å². The Labute approximate surface area is 147 Å². The van der Waals surface area contributed by atoms with Crippen molar-refractivity contribution in [3.8, 4) is 0 Å². The number of nitrogens with two attached hydrogens (primary N) is 1. The quantitative estimate of drug-likeness (QED) is 0.405. The number of aromatic nitrogens is 4. The number of hydrogen-bond acceptors (Lipinski definition) is 9. The van der Waals surface area contributed by atoms with Crippen LogP contribution in [0.3, 0.4) is 0 Å². The monoisotopic (exact) mass is 389 g/mol. The van der Waals surface area contributed by atoms with E-state index in [0.29, 0.717) is 17.0 Å². The maximum Gasteiger partial charge on any atom is 0.469 e. The molecule has 0 bridgehead atoms. The van der Waals surface area contributed by atoms with E-state index >= 15 is 0 Å². The summed E-state index contributed by atoms with van der Waals surface area (Å²) in [6, 6.07) is 0. The van der Waals surface area contributed by atoms with Crippen LogP contribution < -0.4 is 5.73 Å². The van der Waals surface area contributed by atoms with Crippen LogP contribution in [-0.4, -0.2) is 64.4 Å². The van der Waals surface area contributed by atoms with Crippen molar-refractivity contribution in [2.24, 2.45) is 0 Å². The van der Waals surface area contributed by atoms with Crippen LogP contribution in [0, 0.1) is 0 Å². The fraction of sp³-hybridized carbons (Fsp3) is 0.615. The summed E-state index contributed by atoms with van der Waals surface area (Å²) in [6.07, 6.45) is -3.71. The fourth-order valence-electron chi connectivity index (χ4n) is 2.67. The second kappa shape index (κ2) is 6.82. The van der Waals surface area contributed by atoms with E-state index in [0.717, 1.165) is 0 Å². The molecular weight excluding hydrogens is 369 g/mol. The first kappa shape index (κ1) is 19.1. The molecule has 0 saturated carbocycles. The van der Waals surface area contributed by atoms with Gasteiger partial charge in [-0.3, -0.25) is 9.09 Å². The topological polar surface area (TPSA) is 186 Å². The van der Waals surface area contributed by atoms with Crippen LogP contribution in [0.25, 0.3) is 11.2 Å². The van der Waals surface area contributed by atoms with Crippen LogP contribution >= 0.6 is 7.82 Å². The zero-order chi connectivity index (χ0) is 19.2. The summed E-state index contributed by atoms with van der Waals surface area (Å²) in [4.78, 5) is 30.2. The minimum absolute atomic E-state index is 0.00513. The van der Waals surface area contributed by atoms with Gasteiger partial charge in [-0.05, 0) is 0 Å². The summed E-state index contributed by atoms with van der Waals surface area (Å²) in [5.41, 5.74) is 6.53. The van der Waals surface area contributed by atoms with Crippen molar-refractivity contribution >= 4 is 24.8 Å². The molecule has 3 heterocycles. The van der Waals surface area contributed by atoms with Crippen LogP contribution in [0.1, 0.15) is 31.8 Å². The molecule has 4 atom stereocenters. The van der Waals surface area contributed by atoms with Crippen molar-refractivity contribution in [3.63, 3.8) is 0 Å². The smallest absolute Gasteiger partial charge is 0.387 e. The second-order valence-electron chi connectivity index (χ2n) is 6.28. The number of anilines is 1.